The van der Waals surface area contributed by atoms with Crippen LogP contribution in [0.15, 0.2) is 18.2 Å². The molecule has 84 valence electrons. The molecule has 1 atom stereocenters. The molecule has 0 saturated heterocycles. The van der Waals surface area contributed by atoms with E-state index in [2.05, 4.69) is 39.0 Å². The summed E-state index contributed by atoms with van der Waals surface area (Å²) in [7, 11) is 0. The van der Waals surface area contributed by atoms with Gasteiger partial charge in [-0.15, -0.1) is 0 Å². The van der Waals surface area contributed by atoms with Crippen molar-refractivity contribution in [2.45, 2.75) is 52.5 Å². The van der Waals surface area contributed by atoms with E-state index in [9.17, 15) is 0 Å². The molecule has 0 amide bonds. The maximum absolute atomic E-state index is 6.21. The Labute approximate surface area is 93.7 Å². The molecule has 1 aromatic carbocycles. The van der Waals surface area contributed by atoms with Gasteiger partial charge in [-0.05, 0) is 36.0 Å². The van der Waals surface area contributed by atoms with Crippen LogP contribution in [0.5, 0.6) is 0 Å². The predicted molar refractivity (Wildman–Crippen MR) is 67.0 cm³/mol. The Morgan fingerprint density at radius 1 is 1.13 bits per heavy atom. The van der Waals surface area contributed by atoms with Crippen LogP contribution in [-0.4, -0.2) is 0 Å². The summed E-state index contributed by atoms with van der Waals surface area (Å²) >= 11 is 0. The Balaban J connectivity index is 3.00. The van der Waals surface area contributed by atoms with Crippen LogP contribution < -0.4 is 5.73 Å². The van der Waals surface area contributed by atoms with Gasteiger partial charge in [0.15, 0.2) is 0 Å². The normalized spacial score (nSPS) is 12.8. The molecule has 0 aliphatic heterocycles. The van der Waals surface area contributed by atoms with Gasteiger partial charge in [-0.3, -0.25) is 0 Å². The molecule has 2 N–H and O–H groups in total. The molecule has 15 heavy (non-hydrogen) atoms. The predicted octanol–water partition coefficient (Wildman–Crippen LogP) is 3.61. The number of benzene rings is 1. The van der Waals surface area contributed by atoms with E-state index < -0.39 is 0 Å². The van der Waals surface area contributed by atoms with E-state index >= 15 is 0 Å². The molecule has 0 radical (unpaired) electrons. The zero-order valence-corrected chi connectivity index (χ0v) is 10.2. The SMILES string of the molecule is CCCC(N)c1cc(CC)ccc1CC. The van der Waals surface area contributed by atoms with Crippen LogP contribution in [-0.2, 0) is 12.8 Å². The summed E-state index contributed by atoms with van der Waals surface area (Å²) in [5.74, 6) is 0. The first-order chi connectivity index (χ1) is 7.22. The van der Waals surface area contributed by atoms with Crippen molar-refractivity contribution in [3.63, 3.8) is 0 Å². The molecule has 0 heterocycles. The minimum absolute atomic E-state index is 0.219. The van der Waals surface area contributed by atoms with Gasteiger partial charge >= 0.3 is 0 Å². The maximum atomic E-state index is 6.21. The highest BCUT2D eigenvalue weighted by molar-refractivity contribution is 5.34. The third kappa shape index (κ3) is 3.07. The zero-order valence-electron chi connectivity index (χ0n) is 10.2. The van der Waals surface area contributed by atoms with Crippen molar-refractivity contribution in [1.29, 1.82) is 0 Å². The summed E-state index contributed by atoms with van der Waals surface area (Å²) in [5, 5.41) is 0. The molecule has 0 aromatic heterocycles. The van der Waals surface area contributed by atoms with Crippen molar-refractivity contribution in [2.24, 2.45) is 5.73 Å². The maximum Gasteiger partial charge on any atom is 0.0297 e. The fourth-order valence-corrected chi connectivity index (χ4v) is 2.00. The minimum Gasteiger partial charge on any atom is -0.324 e. The van der Waals surface area contributed by atoms with Crippen LogP contribution in [0.3, 0.4) is 0 Å². The highest BCUT2D eigenvalue weighted by Crippen LogP contribution is 2.22. The lowest BCUT2D eigenvalue weighted by molar-refractivity contribution is 0.632. The molecule has 0 fully saturated rings. The van der Waals surface area contributed by atoms with E-state index in [0.29, 0.717) is 0 Å². The first-order valence-corrected chi connectivity index (χ1v) is 6.10. The first kappa shape index (κ1) is 12.3. The number of rotatable bonds is 5. The summed E-state index contributed by atoms with van der Waals surface area (Å²) in [6.45, 7) is 6.58. The van der Waals surface area contributed by atoms with Crippen LogP contribution in [0.4, 0.5) is 0 Å². The van der Waals surface area contributed by atoms with Gasteiger partial charge < -0.3 is 5.73 Å². The number of hydrogen-bond donors (Lipinski definition) is 1. The van der Waals surface area contributed by atoms with Gasteiger partial charge in [0.1, 0.15) is 0 Å². The summed E-state index contributed by atoms with van der Waals surface area (Å²) in [4.78, 5) is 0. The topological polar surface area (TPSA) is 26.0 Å². The first-order valence-electron chi connectivity index (χ1n) is 6.10. The summed E-state index contributed by atoms with van der Waals surface area (Å²) < 4.78 is 0. The highest BCUT2D eigenvalue weighted by Gasteiger charge is 2.09. The molecule has 0 spiro atoms. The van der Waals surface area contributed by atoms with Crippen molar-refractivity contribution < 1.29 is 0 Å². The van der Waals surface area contributed by atoms with Crippen molar-refractivity contribution in [2.75, 3.05) is 0 Å². The molecule has 1 rings (SSSR count). The molecule has 1 heteroatoms. The summed E-state index contributed by atoms with van der Waals surface area (Å²) in [6, 6.07) is 6.97. The number of hydrogen-bond acceptors (Lipinski definition) is 1. The Hall–Kier alpha value is -0.820. The Morgan fingerprint density at radius 3 is 2.40 bits per heavy atom. The monoisotopic (exact) mass is 205 g/mol. The fourth-order valence-electron chi connectivity index (χ4n) is 2.00. The quantitative estimate of drug-likeness (QED) is 0.780. The molecular formula is C14H23N. The van der Waals surface area contributed by atoms with Gasteiger partial charge in [-0.1, -0.05) is 45.4 Å². The van der Waals surface area contributed by atoms with E-state index in [4.69, 9.17) is 5.73 Å². The molecule has 0 saturated carbocycles. The smallest absolute Gasteiger partial charge is 0.0297 e. The third-order valence-corrected chi connectivity index (χ3v) is 3.00. The molecule has 1 unspecified atom stereocenters. The second-order valence-corrected chi connectivity index (χ2v) is 4.14. The lowest BCUT2D eigenvalue weighted by Gasteiger charge is -2.16. The van der Waals surface area contributed by atoms with Gasteiger partial charge in [-0.25, -0.2) is 0 Å². The minimum atomic E-state index is 0.219. The standard InChI is InChI=1S/C14H23N/c1-4-7-14(15)13-10-11(5-2)8-9-12(13)6-3/h8-10,14H,4-7,15H2,1-3H3. The van der Waals surface area contributed by atoms with Crippen molar-refractivity contribution in [1.82, 2.24) is 0 Å². The Morgan fingerprint density at radius 2 is 1.87 bits per heavy atom. The van der Waals surface area contributed by atoms with Crippen molar-refractivity contribution in [3.8, 4) is 0 Å². The van der Waals surface area contributed by atoms with Gasteiger partial charge in [-0.2, -0.15) is 0 Å². The van der Waals surface area contributed by atoms with Crippen LogP contribution in [0.25, 0.3) is 0 Å². The van der Waals surface area contributed by atoms with E-state index in [-0.39, 0.29) is 6.04 Å². The molecule has 0 aliphatic carbocycles. The molecule has 1 aromatic rings. The largest absolute Gasteiger partial charge is 0.324 e. The lowest BCUT2D eigenvalue weighted by atomic mass is 9.93. The van der Waals surface area contributed by atoms with E-state index in [1.54, 1.807) is 0 Å². The van der Waals surface area contributed by atoms with E-state index in [0.717, 1.165) is 25.7 Å². The van der Waals surface area contributed by atoms with Crippen LogP contribution in [0.1, 0.15) is 56.3 Å². The Kier molecular flexibility index (Phi) is 4.83. The average molecular weight is 205 g/mol. The summed E-state index contributed by atoms with van der Waals surface area (Å²) in [5.41, 5.74) is 10.4. The van der Waals surface area contributed by atoms with Gasteiger partial charge in [0.25, 0.3) is 0 Å². The second-order valence-electron chi connectivity index (χ2n) is 4.14. The van der Waals surface area contributed by atoms with Crippen LogP contribution in [0, 0.1) is 0 Å². The Bertz CT molecular complexity index is 304. The van der Waals surface area contributed by atoms with E-state index in [1.807, 2.05) is 0 Å². The van der Waals surface area contributed by atoms with Crippen molar-refractivity contribution >= 4 is 0 Å². The molecule has 0 bridgehead atoms. The molecule has 1 nitrogen and oxygen atoms in total. The number of nitrogens with two attached hydrogens (primary N) is 1. The number of aryl methyl sites for hydroxylation is 2. The van der Waals surface area contributed by atoms with Gasteiger partial charge in [0, 0.05) is 6.04 Å². The third-order valence-electron chi connectivity index (χ3n) is 3.00. The summed E-state index contributed by atoms with van der Waals surface area (Å²) in [6.07, 6.45) is 4.41. The highest BCUT2D eigenvalue weighted by atomic mass is 14.6. The van der Waals surface area contributed by atoms with E-state index in [1.165, 1.54) is 16.7 Å². The zero-order chi connectivity index (χ0) is 11.3. The second kappa shape index (κ2) is 5.92. The van der Waals surface area contributed by atoms with Gasteiger partial charge in [0.05, 0.1) is 0 Å². The lowest BCUT2D eigenvalue weighted by Crippen LogP contribution is -2.12. The fraction of sp³-hybridized carbons (Fsp3) is 0.571. The molecular weight excluding hydrogens is 182 g/mol. The van der Waals surface area contributed by atoms with Crippen LogP contribution in [0.2, 0.25) is 0 Å². The average Bonchev–Trinajstić information content (AvgIpc) is 2.28. The van der Waals surface area contributed by atoms with Gasteiger partial charge in [0.2, 0.25) is 0 Å². The van der Waals surface area contributed by atoms with Crippen LogP contribution >= 0.6 is 0 Å². The molecule has 0 aliphatic rings. The van der Waals surface area contributed by atoms with Crippen molar-refractivity contribution in [3.05, 3.63) is 34.9 Å².